The minimum atomic E-state index is 0.816. The first-order chi connectivity index (χ1) is 6.77. The van der Waals surface area contributed by atoms with Crippen LogP contribution < -0.4 is 0 Å². The van der Waals surface area contributed by atoms with E-state index in [1.807, 2.05) is 12.1 Å². The van der Waals surface area contributed by atoms with E-state index in [4.69, 9.17) is 11.6 Å². The average Bonchev–Trinajstić information content (AvgIpc) is 2.71. The van der Waals surface area contributed by atoms with Gasteiger partial charge in [-0.3, -0.25) is 0 Å². The fraction of sp³-hybridized carbons (Fsp3) is 0.462. The van der Waals surface area contributed by atoms with Crippen LogP contribution in [0.25, 0.3) is 0 Å². The highest BCUT2D eigenvalue weighted by atomic mass is 35.5. The van der Waals surface area contributed by atoms with Crippen LogP contribution in [0.1, 0.15) is 38.2 Å². The monoisotopic (exact) mass is 207 g/mol. The van der Waals surface area contributed by atoms with E-state index < -0.39 is 0 Å². The lowest BCUT2D eigenvalue weighted by Crippen LogP contribution is -2.06. The molecule has 1 heteroatoms. The Morgan fingerprint density at radius 2 is 1.71 bits per heavy atom. The van der Waals surface area contributed by atoms with Crippen molar-refractivity contribution in [3.63, 3.8) is 0 Å². The maximum atomic E-state index is 5.87. The van der Waals surface area contributed by atoms with Crippen LogP contribution in [0.2, 0.25) is 5.02 Å². The predicted molar refractivity (Wildman–Crippen MR) is 61.4 cm³/mol. The van der Waals surface area contributed by atoms with Crippen molar-refractivity contribution in [1.82, 2.24) is 0 Å². The first-order valence-corrected chi connectivity index (χ1v) is 5.74. The molecule has 2 rings (SSSR count). The van der Waals surface area contributed by atoms with Gasteiger partial charge in [0.25, 0.3) is 0 Å². The summed E-state index contributed by atoms with van der Waals surface area (Å²) < 4.78 is 0. The molecule has 0 heterocycles. The summed E-state index contributed by atoms with van der Waals surface area (Å²) in [4.78, 5) is 0. The second-order valence-electron chi connectivity index (χ2n) is 4.17. The lowest BCUT2D eigenvalue weighted by atomic mass is 9.87. The van der Waals surface area contributed by atoms with Gasteiger partial charge in [0.2, 0.25) is 0 Å². The molecule has 0 N–H and O–H groups in total. The summed E-state index contributed by atoms with van der Waals surface area (Å²) in [7, 11) is 0. The summed E-state index contributed by atoms with van der Waals surface area (Å²) in [6.45, 7) is 2.26. The maximum Gasteiger partial charge on any atom is 0.132 e. The zero-order valence-electron chi connectivity index (χ0n) is 8.59. The van der Waals surface area contributed by atoms with Gasteiger partial charge in [-0.15, -0.1) is 0 Å². The van der Waals surface area contributed by atoms with Gasteiger partial charge in [-0.2, -0.15) is 0 Å². The SMILES string of the molecule is C[C+](c1ccc(Cl)cc1)C1CCCC1. The number of benzene rings is 1. The van der Waals surface area contributed by atoms with Crippen molar-refractivity contribution < 1.29 is 0 Å². The molecule has 1 fully saturated rings. The lowest BCUT2D eigenvalue weighted by Gasteiger charge is -2.12. The number of hydrogen-bond acceptors (Lipinski definition) is 0. The summed E-state index contributed by atoms with van der Waals surface area (Å²) in [5, 5.41) is 0.827. The van der Waals surface area contributed by atoms with E-state index in [9.17, 15) is 0 Å². The summed E-state index contributed by atoms with van der Waals surface area (Å²) in [5.41, 5.74) is 1.36. The van der Waals surface area contributed by atoms with E-state index in [1.165, 1.54) is 31.2 Å². The minimum Gasteiger partial charge on any atom is -0.0818 e. The maximum absolute atomic E-state index is 5.87. The van der Waals surface area contributed by atoms with Crippen molar-refractivity contribution in [1.29, 1.82) is 0 Å². The Bertz CT molecular complexity index is 283. The molecule has 0 unspecified atom stereocenters. The van der Waals surface area contributed by atoms with Crippen LogP contribution in [-0.4, -0.2) is 0 Å². The lowest BCUT2D eigenvalue weighted by molar-refractivity contribution is 0.584. The molecule has 0 atom stereocenters. The van der Waals surface area contributed by atoms with Gasteiger partial charge in [-0.25, -0.2) is 0 Å². The predicted octanol–water partition coefficient (Wildman–Crippen LogP) is 4.47. The largest absolute Gasteiger partial charge is 0.132 e. The fourth-order valence-corrected chi connectivity index (χ4v) is 2.43. The highest BCUT2D eigenvalue weighted by Crippen LogP contribution is 2.36. The highest BCUT2D eigenvalue weighted by molar-refractivity contribution is 6.30. The Kier molecular flexibility index (Phi) is 3.02. The Labute approximate surface area is 91.3 Å². The zero-order chi connectivity index (χ0) is 9.97. The van der Waals surface area contributed by atoms with Gasteiger partial charge < -0.3 is 0 Å². The summed E-state index contributed by atoms with van der Waals surface area (Å²) in [6.07, 6.45) is 5.54. The van der Waals surface area contributed by atoms with Crippen LogP contribution in [0.15, 0.2) is 24.3 Å². The van der Waals surface area contributed by atoms with Crippen molar-refractivity contribution in [2.24, 2.45) is 5.92 Å². The molecular formula is C13H16Cl+. The number of hydrogen-bond donors (Lipinski definition) is 0. The third kappa shape index (κ3) is 2.06. The number of rotatable bonds is 2. The van der Waals surface area contributed by atoms with Crippen LogP contribution in [0.4, 0.5) is 0 Å². The van der Waals surface area contributed by atoms with Crippen molar-refractivity contribution in [3.05, 3.63) is 40.8 Å². The van der Waals surface area contributed by atoms with Crippen LogP contribution in [0, 0.1) is 11.8 Å². The molecule has 1 aromatic rings. The van der Waals surface area contributed by atoms with Crippen LogP contribution in [0.5, 0.6) is 0 Å². The Morgan fingerprint density at radius 1 is 1.14 bits per heavy atom. The molecule has 1 aliphatic carbocycles. The molecule has 0 radical (unpaired) electrons. The normalized spacial score (nSPS) is 17.3. The van der Waals surface area contributed by atoms with E-state index in [0.29, 0.717) is 0 Å². The minimum absolute atomic E-state index is 0.816. The molecule has 1 aliphatic rings. The van der Waals surface area contributed by atoms with Gasteiger partial charge in [0.15, 0.2) is 0 Å². The topological polar surface area (TPSA) is 0 Å². The van der Waals surface area contributed by atoms with E-state index in [2.05, 4.69) is 19.1 Å². The quantitative estimate of drug-likeness (QED) is 0.628. The molecule has 0 nitrogen and oxygen atoms in total. The van der Waals surface area contributed by atoms with Crippen LogP contribution in [-0.2, 0) is 0 Å². The third-order valence-corrected chi connectivity index (χ3v) is 3.52. The molecule has 1 saturated carbocycles. The Morgan fingerprint density at radius 3 is 2.29 bits per heavy atom. The zero-order valence-corrected chi connectivity index (χ0v) is 9.35. The van der Waals surface area contributed by atoms with E-state index in [1.54, 1.807) is 5.92 Å². The molecule has 14 heavy (non-hydrogen) atoms. The van der Waals surface area contributed by atoms with E-state index in [-0.39, 0.29) is 0 Å². The molecule has 74 valence electrons. The number of halogens is 1. The van der Waals surface area contributed by atoms with Crippen molar-refractivity contribution in [3.8, 4) is 0 Å². The summed E-state index contributed by atoms with van der Waals surface area (Å²) >= 11 is 5.87. The van der Waals surface area contributed by atoms with Crippen molar-refractivity contribution >= 4 is 11.6 Å². The average molecular weight is 208 g/mol. The van der Waals surface area contributed by atoms with E-state index >= 15 is 0 Å². The molecule has 0 spiro atoms. The third-order valence-electron chi connectivity index (χ3n) is 3.27. The van der Waals surface area contributed by atoms with Crippen molar-refractivity contribution in [2.75, 3.05) is 0 Å². The van der Waals surface area contributed by atoms with Gasteiger partial charge in [-0.1, -0.05) is 24.4 Å². The van der Waals surface area contributed by atoms with Crippen LogP contribution >= 0.6 is 11.6 Å². The second kappa shape index (κ2) is 4.27. The van der Waals surface area contributed by atoms with Crippen molar-refractivity contribution in [2.45, 2.75) is 32.6 Å². The standard InChI is InChI=1S/C13H16Cl/c1-10(11-4-2-3-5-11)12-6-8-13(14)9-7-12/h6-9,11H,2-5H2,1H3/q+1. The van der Waals surface area contributed by atoms with Crippen LogP contribution in [0.3, 0.4) is 0 Å². The summed E-state index contributed by atoms with van der Waals surface area (Å²) in [6, 6.07) is 8.23. The highest BCUT2D eigenvalue weighted by Gasteiger charge is 2.27. The first kappa shape index (κ1) is 9.92. The van der Waals surface area contributed by atoms with E-state index in [0.717, 1.165) is 10.9 Å². The Balaban J connectivity index is 2.09. The Hall–Kier alpha value is -0.620. The van der Waals surface area contributed by atoms with Gasteiger partial charge >= 0.3 is 0 Å². The molecule has 0 aromatic heterocycles. The molecule has 1 aromatic carbocycles. The summed E-state index contributed by atoms with van der Waals surface area (Å²) in [5.74, 6) is 2.36. The smallest absolute Gasteiger partial charge is 0.0818 e. The van der Waals surface area contributed by atoms with Gasteiger partial charge in [-0.05, 0) is 12.8 Å². The first-order valence-electron chi connectivity index (χ1n) is 5.37. The fourth-order valence-electron chi connectivity index (χ4n) is 2.31. The van der Waals surface area contributed by atoms with Gasteiger partial charge in [0, 0.05) is 43.0 Å². The second-order valence-corrected chi connectivity index (χ2v) is 4.61. The molecule has 0 bridgehead atoms. The van der Waals surface area contributed by atoms with Gasteiger partial charge in [0.1, 0.15) is 5.56 Å². The molecular weight excluding hydrogens is 192 g/mol. The molecule has 0 saturated heterocycles. The molecule has 0 amide bonds. The van der Waals surface area contributed by atoms with Gasteiger partial charge in [0.05, 0.1) is 5.02 Å². The molecule has 0 aliphatic heterocycles.